The number of rotatable bonds is 8. The van der Waals surface area contributed by atoms with Crippen LogP contribution in [0.25, 0.3) is 17.0 Å². The number of ether oxygens (including phenoxy) is 4. The third-order valence-corrected chi connectivity index (χ3v) is 4.79. The van der Waals surface area contributed by atoms with Gasteiger partial charge in [-0.3, -0.25) is 0 Å². The summed E-state index contributed by atoms with van der Waals surface area (Å²) in [6, 6.07) is 8.92. The Bertz CT molecular complexity index is 1190. The number of aryl methyl sites for hydroxylation is 1. The monoisotopic (exact) mass is 420 g/mol. The normalized spacial score (nSPS) is 10.8. The van der Waals surface area contributed by atoms with Crippen LogP contribution in [0.2, 0.25) is 0 Å². The molecule has 0 aliphatic heterocycles. The van der Waals surface area contributed by atoms with Gasteiger partial charge in [-0.05, 0) is 48.7 Å². The molecule has 1 aromatic heterocycles. The number of hydrogen-bond acceptors (Lipinski definition) is 6. The van der Waals surface area contributed by atoms with E-state index in [9.17, 15) is 4.79 Å². The Morgan fingerprint density at radius 1 is 1.03 bits per heavy atom. The number of allylic oxidation sites excluding steroid dienone is 1. The molecule has 0 aliphatic carbocycles. The Morgan fingerprint density at radius 2 is 1.74 bits per heavy atom. The fourth-order valence-corrected chi connectivity index (χ4v) is 3.36. The Labute approximate surface area is 181 Å². The highest BCUT2D eigenvalue weighted by atomic mass is 16.5. The summed E-state index contributed by atoms with van der Waals surface area (Å²) in [6.07, 6.45) is 9.71. The van der Waals surface area contributed by atoms with Gasteiger partial charge in [0, 0.05) is 11.5 Å². The highest BCUT2D eigenvalue weighted by molar-refractivity contribution is 5.90. The summed E-state index contributed by atoms with van der Waals surface area (Å²) in [4.78, 5) is 12.0. The van der Waals surface area contributed by atoms with E-state index in [1.54, 1.807) is 21.3 Å². The van der Waals surface area contributed by atoms with Crippen LogP contribution in [-0.2, 0) is 6.42 Å². The minimum absolute atomic E-state index is 0.106. The predicted octanol–water partition coefficient (Wildman–Crippen LogP) is 4.40. The molecule has 1 heterocycles. The molecule has 0 spiro atoms. The van der Waals surface area contributed by atoms with Crippen LogP contribution in [0, 0.1) is 19.3 Å². The summed E-state index contributed by atoms with van der Waals surface area (Å²) in [5.74, 6) is 4.69. The van der Waals surface area contributed by atoms with Gasteiger partial charge >= 0.3 is 5.63 Å². The quantitative estimate of drug-likeness (QED) is 0.398. The van der Waals surface area contributed by atoms with Gasteiger partial charge in [0.25, 0.3) is 0 Å². The van der Waals surface area contributed by atoms with Crippen LogP contribution in [0.5, 0.6) is 23.0 Å². The first-order valence-electron chi connectivity index (χ1n) is 9.61. The minimum atomic E-state index is -0.418. The summed E-state index contributed by atoms with van der Waals surface area (Å²) < 4.78 is 27.4. The second-order valence-electron chi connectivity index (χ2n) is 6.74. The van der Waals surface area contributed by atoms with Crippen LogP contribution in [0.1, 0.15) is 16.7 Å². The lowest BCUT2D eigenvalue weighted by Gasteiger charge is -2.13. The second-order valence-corrected chi connectivity index (χ2v) is 6.74. The molecule has 31 heavy (non-hydrogen) atoms. The molecule has 6 heteroatoms. The van der Waals surface area contributed by atoms with E-state index in [1.807, 2.05) is 43.3 Å². The molecule has 0 amide bonds. The lowest BCUT2D eigenvalue weighted by Crippen LogP contribution is -2.01. The van der Waals surface area contributed by atoms with Crippen LogP contribution < -0.4 is 24.6 Å². The van der Waals surface area contributed by atoms with Crippen molar-refractivity contribution < 1.29 is 23.4 Å². The standard InChI is InChI=1S/C25H24O6/c1-6-12-30-20-11-10-18-16(2)13-23(26)31-24(18)19(20)9-7-8-17-14-21(27-3)25(29-5)22(15-17)28-4/h1,7,9-11,13-15H,8,12H2,2-5H3. The average Bonchev–Trinajstić information content (AvgIpc) is 2.77. The Hall–Kier alpha value is -3.85. The molecule has 0 saturated carbocycles. The van der Waals surface area contributed by atoms with Crippen molar-refractivity contribution >= 4 is 17.0 Å². The minimum Gasteiger partial charge on any atom is -0.493 e. The average molecular weight is 420 g/mol. The van der Waals surface area contributed by atoms with Crippen molar-refractivity contribution in [2.24, 2.45) is 0 Å². The topological polar surface area (TPSA) is 67.1 Å². The van der Waals surface area contributed by atoms with Crippen LogP contribution in [0.3, 0.4) is 0 Å². The number of fused-ring (bicyclic) bond motifs is 1. The summed E-state index contributed by atoms with van der Waals surface area (Å²) >= 11 is 0. The number of terminal acetylenes is 1. The zero-order valence-electron chi connectivity index (χ0n) is 18.0. The molecule has 0 fully saturated rings. The van der Waals surface area contributed by atoms with E-state index in [-0.39, 0.29) is 6.61 Å². The predicted molar refractivity (Wildman–Crippen MR) is 120 cm³/mol. The van der Waals surface area contributed by atoms with E-state index in [0.717, 1.165) is 16.5 Å². The van der Waals surface area contributed by atoms with Gasteiger partial charge in [-0.2, -0.15) is 0 Å². The van der Waals surface area contributed by atoms with Crippen molar-refractivity contribution in [2.75, 3.05) is 27.9 Å². The molecular formula is C25H24O6. The number of methoxy groups -OCH3 is 3. The van der Waals surface area contributed by atoms with Crippen LogP contribution in [0.15, 0.2) is 45.6 Å². The van der Waals surface area contributed by atoms with Gasteiger partial charge in [0.05, 0.1) is 26.9 Å². The molecule has 160 valence electrons. The zero-order chi connectivity index (χ0) is 22.4. The molecule has 2 aromatic carbocycles. The van der Waals surface area contributed by atoms with Gasteiger partial charge in [-0.15, -0.1) is 6.42 Å². The van der Waals surface area contributed by atoms with Gasteiger partial charge in [0.15, 0.2) is 11.5 Å². The maximum atomic E-state index is 12.0. The van der Waals surface area contributed by atoms with E-state index >= 15 is 0 Å². The van der Waals surface area contributed by atoms with E-state index < -0.39 is 5.63 Å². The molecule has 3 rings (SSSR count). The van der Waals surface area contributed by atoms with Gasteiger partial charge in [-0.1, -0.05) is 18.1 Å². The van der Waals surface area contributed by atoms with Gasteiger partial charge < -0.3 is 23.4 Å². The lowest BCUT2D eigenvalue weighted by atomic mass is 10.0. The van der Waals surface area contributed by atoms with Gasteiger partial charge in [0.2, 0.25) is 5.75 Å². The van der Waals surface area contributed by atoms with Crippen molar-refractivity contribution in [1.29, 1.82) is 0 Å². The zero-order valence-corrected chi connectivity index (χ0v) is 18.0. The first-order valence-corrected chi connectivity index (χ1v) is 9.61. The van der Waals surface area contributed by atoms with Gasteiger partial charge in [0.1, 0.15) is 17.9 Å². The van der Waals surface area contributed by atoms with Crippen LogP contribution in [-0.4, -0.2) is 27.9 Å². The third kappa shape index (κ3) is 4.67. The van der Waals surface area contributed by atoms with Crippen LogP contribution in [0.4, 0.5) is 0 Å². The largest absolute Gasteiger partial charge is 0.493 e. The highest BCUT2D eigenvalue weighted by Crippen LogP contribution is 2.38. The highest BCUT2D eigenvalue weighted by Gasteiger charge is 2.14. The maximum absolute atomic E-state index is 12.0. The Balaban J connectivity index is 2.02. The number of hydrogen-bond donors (Lipinski definition) is 0. The van der Waals surface area contributed by atoms with Crippen molar-refractivity contribution in [3.8, 4) is 35.3 Å². The van der Waals surface area contributed by atoms with Crippen molar-refractivity contribution in [1.82, 2.24) is 0 Å². The summed E-state index contributed by atoms with van der Waals surface area (Å²) in [5.41, 5.74) is 2.48. The van der Waals surface area contributed by atoms with E-state index in [0.29, 0.717) is 40.6 Å². The summed E-state index contributed by atoms with van der Waals surface area (Å²) in [5, 5.41) is 0.833. The fourth-order valence-electron chi connectivity index (χ4n) is 3.36. The first-order chi connectivity index (χ1) is 15.0. The molecule has 6 nitrogen and oxygen atoms in total. The van der Waals surface area contributed by atoms with Gasteiger partial charge in [-0.25, -0.2) is 4.79 Å². The molecule has 0 unspecified atom stereocenters. The van der Waals surface area contributed by atoms with E-state index in [1.165, 1.54) is 6.07 Å². The molecule has 0 saturated heterocycles. The molecule has 3 aromatic rings. The molecule has 0 aliphatic rings. The third-order valence-electron chi connectivity index (χ3n) is 4.79. The Kier molecular flexibility index (Phi) is 6.88. The molecule has 0 N–H and O–H groups in total. The van der Waals surface area contributed by atoms with E-state index in [4.69, 9.17) is 29.8 Å². The molecule has 0 radical (unpaired) electrons. The van der Waals surface area contributed by atoms with Crippen LogP contribution >= 0.6 is 0 Å². The summed E-state index contributed by atoms with van der Waals surface area (Å²) in [7, 11) is 4.72. The maximum Gasteiger partial charge on any atom is 0.336 e. The SMILES string of the molecule is C#CCOc1ccc2c(C)cc(=O)oc2c1C=CCc1cc(OC)c(OC)c(OC)c1. The number of benzene rings is 2. The lowest BCUT2D eigenvalue weighted by molar-refractivity contribution is 0.324. The molecule has 0 atom stereocenters. The van der Waals surface area contributed by atoms with Crippen molar-refractivity contribution in [3.63, 3.8) is 0 Å². The molecular weight excluding hydrogens is 396 g/mol. The Morgan fingerprint density at radius 3 is 2.35 bits per heavy atom. The van der Waals surface area contributed by atoms with E-state index in [2.05, 4.69) is 5.92 Å². The second kappa shape index (κ2) is 9.77. The smallest absolute Gasteiger partial charge is 0.336 e. The first kappa shape index (κ1) is 21.8. The van der Waals surface area contributed by atoms with Crippen molar-refractivity contribution in [2.45, 2.75) is 13.3 Å². The fraction of sp³-hybridized carbons (Fsp3) is 0.240. The summed E-state index contributed by atoms with van der Waals surface area (Å²) in [6.45, 7) is 1.97. The van der Waals surface area contributed by atoms with Crippen molar-refractivity contribution in [3.05, 3.63) is 63.5 Å². The molecule has 0 bridgehead atoms.